The van der Waals surface area contributed by atoms with Gasteiger partial charge >= 0.3 is 5.97 Å². The fourth-order valence-electron chi connectivity index (χ4n) is 1.25. The van der Waals surface area contributed by atoms with Gasteiger partial charge in [-0.25, -0.2) is 4.79 Å². The van der Waals surface area contributed by atoms with Crippen molar-refractivity contribution in [3.05, 3.63) is 29.8 Å². The minimum absolute atomic E-state index is 0.0515. The van der Waals surface area contributed by atoms with Gasteiger partial charge in [0.1, 0.15) is 11.5 Å². The molecule has 0 bridgehead atoms. The summed E-state index contributed by atoms with van der Waals surface area (Å²) in [5, 5.41) is 12.3. The van der Waals surface area contributed by atoms with Crippen molar-refractivity contribution in [2.24, 2.45) is 5.10 Å². The number of nitrogens with one attached hydrogen (secondary N) is 1. The highest BCUT2D eigenvalue weighted by atomic mass is 16.5. The first kappa shape index (κ1) is 13.0. The van der Waals surface area contributed by atoms with Crippen LogP contribution in [0.4, 0.5) is 0 Å². The molecule has 0 aliphatic carbocycles. The summed E-state index contributed by atoms with van der Waals surface area (Å²) in [6.07, 6.45) is 0.758. The standard InChI is InChI=1S/C12H16N2O3/c1-9(12(15)16)14-13-7-6-10-4-3-5-11(8-10)17-2/h3-5,8,13H,6-7H2,1-2H3,(H,15,16). The van der Waals surface area contributed by atoms with Gasteiger partial charge < -0.3 is 15.3 Å². The summed E-state index contributed by atoms with van der Waals surface area (Å²) in [4.78, 5) is 10.5. The summed E-state index contributed by atoms with van der Waals surface area (Å²) < 4.78 is 5.11. The third-order valence-electron chi connectivity index (χ3n) is 2.22. The maximum absolute atomic E-state index is 10.5. The number of carbonyl (C=O) groups is 1. The predicted octanol–water partition coefficient (Wildman–Crippen LogP) is 1.29. The molecule has 0 saturated heterocycles. The summed E-state index contributed by atoms with van der Waals surface area (Å²) in [6.45, 7) is 2.03. The molecular formula is C12H16N2O3. The Labute approximate surface area is 100 Å². The predicted molar refractivity (Wildman–Crippen MR) is 65.4 cm³/mol. The Hall–Kier alpha value is -2.04. The summed E-state index contributed by atoms with van der Waals surface area (Å²) in [5.74, 6) is -0.202. The number of carboxylic acids is 1. The van der Waals surface area contributed by atoms with E-state index < -0.39 is 5.97 Å². The SMILES string of the molecule is COc1cccc(CCNN=C(C)C(=O)O)c1. The zero-order valence-corrected chi connectivity index (χ0v) is 9.93. The Morgan fingerprint density at radius 1 is 1.53 bits per heavy atom. The maximum atomic E-state index is 10.5. The number of hydrogen-bond donors (Lipinski definition) is 2. The van der Waals surface area contributed by atoms with Crippen molar-refractivity contribution >= 4 is 11.7 Å². The van der Waals surface area contributed by atoms with E-state index in [4.69, 9.17) is 9.84 Å². The van der Waals surface area contributed by atoms with E-state index in [1.165, 1.54) is 6.92 Å². The average Bonchev–Trinajstić information content (AvgIpc) is 2.34. The van der Waals surface area contributed by atoms with E-state index in [0.717, 1.165) is 17.7 Å². The van der Waals surface area contributed by atoms with Gasteiger partial charge in [0.05, 0.1) is 7.11 Å². The minimum atomic E-state index is -1.01. The average molecular weight is 236 g/mol. The van der Waals surface area contributed by atoms with Crippen LogP contribution in [-0.2, 0) is 11.2 Å². The molecule has 0 radical (unpaired) electrons. The Morgan fingerprint density at radius 3 is 2.94 bits per heavy atom. The number of hydrazone groups is 1. The van der Waals surface area contributed by atoms with Crippen LogP contribution in [0.2, 0.25) is 0 Å². The van der Waals surface area contributed by atoms with Gasteiger partial charge in [-0.3, -0.25) is 0 Å². The molecule has 5 heteroatoms. The molecule has 2 N–H and O–H groups in total. The molecule has 1 aromatic rings. The van der Waals surface area contributed by atoms with Crippen LogP contribution in [0.3, 0.4) is 0 Å². The van der Waals surface area contributed by atoms with Crippen LogP contribution >= 0.6 is 0 Å². The highest BCUT2D eigenvalue weighted by molar-refractivity contribution is 6.34. The van der Waals surface area contributed by atoms with E-state index in [-0.39, 0.29) is 5.71 Å². The van der Waals surface area contributed by atoms with Gasteiger partial charge in [0.2, 0.25) is 0 Å². The first-order chi connectivity index (χ1) is 8.13. The zero-order chi connectivity index (χ0) is 12.7. The van der Waals surface area contributed by atoms with Crippen molar-refractivity contribution in [1.82, 2.24) is 5.43 Å². The van der Waals surface area contributed by atoms with Gasteiger partial charge in [0.25, 0.3) is 0 Å². The lowest BCUT2D eigenvalue weighted by Gasteiger charge is -2.04. The number of methoxy groups -OCH3 is 1. The first-order valence-corrected chi connectivity index (χ1v) is 5.27. The molecule has 0 aromatic heterocycles. The van der Waals surface area contributed by atoms with Crippen LogP contribution in [0.15, 0.2) is 29.4 Å². The number of rotatable bonds is 6. The van der Waals surface area contributed by atoms with Crippen molar-refractivity contribution in [3.8, 4) is 5.75 Å². The molecule has 92 valence electrons. The molecule has 0 amide bonds. The molecule has 17 heavy (non-hydrogen) atoms. The number of nitrogens with zero attached hydrogens (tertiary/aromatic N) is 1. The molecule has 0 atom stereocenters. The van der Waals surface area contributed by atoms with E-state index in [0.29, 0.717) is 6.54 Å². The third kappa shape index (κ3) is 4.55. The van der Waals surface area contributed by atoms with Crippen molar-refractivity contribution in [3.63, 3.8) is 0 Å². The largest absolute Gasteiger partial charge is 0.497 e. The summed E-state index contributed by atoms with van der Waals surface area (Å²) in [7, 11) is 1.62. The smallest absolute Gasteiger partial charge is 0.351 e. The van der Waals surface area contributed by atoms with Crippen LogP contribution in [0.5, 0.6) is 5.75 Å². The second-order valence-corrected chi connectivity index (χ2v) is 3.51. The molecule has 1 aromatic carbocycles. The van der Waals surface area contributed by atoms with E-state index in [1.54, 1.807) is 7.11 Å². The van der Waals surface area contributed by atoms with E-state index in [1.807, 2.05) is 24.3 Å². The van der Waals surface area contributed by atoms with Crippen molar-refractivity contribution < 1.29 is 14.6 Å². The molecule has 0 unspecified atom stereocenters. The van der Waals surface area contributed by atoms with Gasteiger partial charge in [-0.05, 0) is 31.0 Å². The number of benzene rings is 1. The fourth-order valence-corrected chi connectivity index (χ4v) is 1.25. The molecule has 1 rings (SSSR count). The molecule has 0 aliphatic rings. The van der Waals surface area contributed by atoms with Crippen LogP contribution < -0.4 is 10.2 Å². The molecule has 0 spiro atoms. The van der Waals surface area contributed by atoms with Gasteiger partial charge in [0.15, 0.2) is 0 Å². The Balaban J connectivity index is 2.40. The lowest BCUT2D eigenvalue weighted by Crippen LogP contribution is -2.17. The fraction of sp³-hybridized carbons (Fsp3) is 0.333. The van der Waals surface area contributed by atoms with E-state index >= 15 is 0 Å². The maximum Gasteiger partial charge on any atom is 0.351 e. The second-order valence-electron chi connectivity index (χ2n) is 3.51. The van der Waals surface area contributed by atoms with E-state index in [2.05, 4.69) is 10.5 Å². The Morgan fingerprint density at radius 2 is 2.29 bits per heavy atom. The molecule has 0 fully saturated rings. The Kier molecular flexibility index (Phi) is 5.00. The van der Waals surface area contributed by atoms with Crippen LogP contribution in [0.1, 0.15) is 12.5 Å². The molecular weight excluding hydrogens is 220 g/mol. The number of carboxylic acid groups (broad SMARTS) is 1. The van der Waals surface area contributed by atoms with Crippen LogP contribution in [-0.4, -0.2) is 30.4 Å². The second kappa shape index (κ2) is 6.52. The number of ether oxygens (including phenoxy) is 1. The highest BCUT2D eigenvalue weighted by Crippen LogP contribution is 2.12. The topological polar surface area (TPSA) is 70.9 Å². The number of aliphatic carboxylic acids is 1. The minimum Gasteiger partial charge on any atom is -0.497 e. The lowest BCUT2D eigenvalue weighted by molar-refractivity contribution is -0.129. The van der Waals surface area contributed by atoms with Gasteiger partial charge in [-0.1, -0.05) is 12.1 Å². The molecule has 5 nitrogen and oxygen atoms in total. The van der Waals surface area contributed by atoms with Crippen LogP contribution in [0, 0.1) is 0 Å². The highest BCUT2D eigenvalue weighted by Gasteiger charge is 2.00. The van der Waals surface area contributed by atoms with Crippen molar-refractivity contribution in [2.75, 3.05) is 13.7 Å². The van der Waals surface area contributed by atoms with Gasteiger partial charge in [-0.15, -0.1) is 0 Å². The zero-order valence-electron chi connectivity index (χ0n) is 9.93. The monoisotopic (exact) mass is 236 g/mol. The summed E-state index contributed by atoms with van der Waals surface area (Å²) in [5.41, 5.74) is 3.88. The Bertz CT molecular complexity index is 416. The summed E-state index contributed by atoms with van der Waals surface area (Å²) >= 11 is 0. The molecule has 0 aliphatic heterocycles. The van der Waals surface area contributed by atoms with E-state index in [9.17, 15) is 4.79 Å². The quantitative estimate of drug-likeness (QED) is 0.443. The molecule has 0 heterocycles. The van der Waals surface area contributed by atoms with Gasteiger partial charge in [0, 0.05) is 6.54 Å². The molecule has 0 saturated carbocycles. The van der Waals surface area contributed by atoms with Crippen molar-refractivity contribution in [2.45, 2.75) is 13.3 Å². The summed E-state index contributed by atoms with van der Waals surface area (Å²) in [6, 6.07) is 7.72. The van der Waals surface area contributed by atoms with Gasteiger partial charge in [-0.2, -0.15) is 5.10 Å². The third-order valence-corrected chi connectivity index (χ3v) is 2.22. The van der Waals surface area contributed by atoms with Crippen LogP contribution in [0.25, 0.3) is 0 Å². The normalized spacial score (nSPS) is 11.1. The van der Waals surface area contributed by atoms with Crippen molar-refractivity contribution in [1.29, 1.82) is 0 Å². The lowest BCUT2D eigenvalue weighted by atomic mass is 10.1. The first-order valence-electron chi connectivity index (χ1n) is 5.27. The number of hydrogen-bond acceptors (Lipinski definition) is 4.